The van der Waals surface area contributed by atoms with E-state index in [2.05, 4.69) is 40.1 Å². The molecule has 0 atom stereocenters. The molecule has 0 unspecified atom stereocenters. The molecule has 2 saturated carbocycles. The molecule has 0 spiro atoms. The molecule has 2 aliphatic carbocycles. The van der Waals surface area contributed by atoms with Crippen molar-refractivity contribution in [3.63, 3.8) is 0 Å². The van der Waals surface area contributed by atoms with Crippen molar-refractivity contribution in [1.29, 1.82) is 0 Å². The fourth-order valence-corrected chi connectivity index (χ4v) is 3.37. The maximum atomic E-state index is 4.67. The number of nitrogens with zero attached hydrogens (tertiary/aromatic N) is 1. The van der Waals surface area contributed by atoms with Gasteiger partial charge in [-0.25, -0.2) is 4.99 Å². The van der Waals surface area contributed by atoms with Crippen LogP contribution in [0.15, 0.2) is 22.5 Å². The van der Waals surface area contributed by atoms with Gasteiger partial charge in [-0.15, -0.1) is 35.3 Å². The Balaban J connectivity index is 0.00000147. The van der Waals surface area contributed by atoms with Crippen LogP contribution < -0.4 is 10.6 Å². The number of guanidine groups is 1. The molecule has 0 amide bonds. The van der Waals surface area contributed by atoms with Gasteiger partial charge in [0, 0.05) is 18.0 Å². The molecule has 0 saturated heterocycles. The van der Waals surface area contributed by atoms with Gasteiger partial charge in [0.2, 0.25) is 0 Å². The Morgan fingerprint density at radius 2 is 2.20 bits per heavy atom. The molecule has 0 bridgehead atoms. The van der Waals surface area contributed by atoms with Crippen LogP contribution in [0.25, 0.3) is 0 Å². The Kier molecular flexibility index (Phi) is 5.72. The summed E-state index contributed by atoms with van der Waals surface area (Å²) in [7, 11) is 0. The van der Waals surface area contributed by atoms with Crippen LogP contribution in [0.1, 0.15) is 37.5 Å². The molecular weight excluding hydrogens is 381 g/mol. The summed E-state index contributed by atoms with van der Waals surface area (Å²) in [5.74, 6) is 1.97. The van der Waals surface area contributed by atoms with Gasteiger partial charge in [0.05, 0.1) is 6.54 Å². The monoisotopic (exact) mass is 405 g/mol. The number of nitrogens with one attached hydrogen (secondary N) is 2. The van der Waals surface area contributed by atoms with Crippen LogP contribution in [0.3, 0.4) is 0 Å². The lowest BCUT2D eigenvalue weighted by atomic mass is 10.0. The Labute approximate surface area is 142 Å². The lowest BCUT2D eigenvalue weighted by Gasteiger charge is -2.17. The van der Waals surface area contributed by atoms with E-state index in [1.807, 2.05) is 0 Å². The van der Waals surface area contributed by atoms with Crippen molar-refractivity contribution in [2.75, 3.05) is 13.1 Å². The Morgan fingerprint density at radius 1 is 1.40 bits per heavy atom. The number of thiophene rings is 1. The van der Waals surface area contributed by atoms with Crippen molar-refractivity contribution in [1.82, 2.24) is 10.6 Å². The van der Waals surface area contributed by atoms with E-state index >= 15 is 0 Å². The first-order chi connectivity index (χ1) is 9.32. The standard InChI is InChI=1S/C15H23N3S.HI/c1-2-16-14(17-10-13-4-3-9-19-13)18-11-15(7-8-15)12-5-6-12;/h3-4,9,12H,2,5-8,10-11H2,1H3,(H2,16,17,18);1H. The quantitative estimate of drug-likeness (QED) is 0.431. The number of hydrogen-bond acceptors (Lipinski definition) is 2. The zero-order valence-electron chi connectivity index (χ0n) is 12.0. The zero-order valence-corrected chi connectivity index (χ0v) is 15.2. The smallest absolute Gasteiger partial charge is 0.191 e. The summed E-state index contributed by atoms with van der Waals surface area (Å²) in [6.45, 7) is 4.93. The van der Waals surface area contributed by atoms with E-state index in [-0.39, 0.29) is 24.0 Å². The third kappa shape index (κ3) is 4.10. The normalized spacial score (nSPS) is 20.1. The van der Waals surface area contributed by atoms with E-state index in [1.54, 1.807) is 11.3 Å². The number of hydrogen-bond donors (Lipinski definition) is 2. The summed E-state index contributed by atoms with van der Waals surface area (Å²) in [5, 5.41) is 9.01. The van der Waals surface area contributed by atoms with Gasteiger partial charge in [-0.05, 0) is 55.4 Å². The van der Waals surface area contributed by atoms with E-state index in [9.17, 15) is 0 Å². The molecule has 2 N–H and O–H groups in total. The topological polar surface area (TPSA) is 36.4 Å². The van der Waals surface area contributed by atoms with Crippen LogP contribution >= 0.6 is 35.3 Å². The number of aliphatic imine (C=N–C) groups is 1. The van der Waals surface area contributed by atoms with Crippen molar-refractivity contribution in [2.45, 2.75) is 39.2 Å². The van der Waals surface area contributed by atoms with Crippen molar-refractivity contribution < 1.29 is 0 Å². The van der Waals surface area contributed by atoms with Crippen molar-refractivity contribution in [3.8, 4) is 0 Å². The van der Waals surface area contributed by atoms with E-state index in [4.69, 9.17) is 0 Å². The highest BCUT2D eigenvalue weighted by Crippen LogP contribution is 2.60. The molecule has 112 valence electrons. The second-order valence-corrected chi connectivity index (χ2v) is 6.80. The predicted octanol–water partition coefficient (Wildman–Crippen LogP) is 3.61. The van der Waals surface area contributed by atoms with E-state index in [0.717, 1.165) is 31.5 Å². The average molecular weight is 405 g/mol. The van der Waals surface area contributed by atoms with Crippen molar-refractivity contribution in [3.05, 3.63) is 22.4 Å². The number of rotatable bonds is 6. The molecule has 0 aliphatic heterocycles. The second kappa shape index (κ2) is 7.11. The highest BCUT2D eigenvalue weighted by atomic mass is 127. The molecule has 2 fully saturated rings. The molecule has 0 radical (unpaired) electrons. The first-order valence-electron chi connectivity index (χ1n) is 7.37. The van der Waals surface area contributed by atoms with Crippen molar-refractivity contribution in [2.24, 2.45) is 16.3 Å². The van der Waals surface area contributed by atoms with Crippen molar-refractivity contribution >= 4 is 41.3 Å². The Bertz CT molecular complexity index is 436. The first-order valence-corrected chi connectivity index (χ1v) is 8.25. The molecule has 20 heavy (non-hydrogen) atoms. The van der Waals surface area contributed by atoms with Crippen LogP contribution in [-0.2, 0) is 6.54 Å². The lowest BCUT2D eigenvalue weighted by Crippen LogP contribution is -2.40. The third-order valence-corrected chi connectivity index (χ3v) is 5.12. The van der Waals surface area contributed by atoms with Gasteiger partial charge in [-0.3, -0.25) is 0 Å². The Hall–Kier alpha value is -0.300. The fraction of sp³-hybridized carbons (Fsp3) is 0.667. The van der Waals surface area contributed by atoms with Gasteiger partial charge in [-0.2, -0.15) is 0 Å². The summed E-state index contributed by atoms with van der Waals surface area (Å²) in [6, 6.07) is 4.23. The summed E-state index contributed by atoms with van der Waals surface area (Å²) in [4.78, 5) is 5.99. The largest absolute Gasteiger partial charge is 0.357 e. The fourth-order valence-electron chi connectivity index (χ4n) is 2.75. The Morgan fingerprint density at radius 3 is 2.75 bits per heavy atom. The summed E-state index contributed by atoms with van der Waals surface area (Å²) >= 11 is 1.77. The van der Waals surface area contributed by atoms with Crippen LogP contribution in [0.5, 0.6) is 0 Å². The van der Waals surface area contributed by atoms with Crippen LogP contribution in [-0.4, -0.2) is 19.0 Å². The number of halogens is 1. The predicted molar refractivity (Wildman–Crippen MR) is 96.9 cm³/mol. The van der Waals surface area contributed by atoms with Crippen LogP contribution in [0.4, 0.5) is 0 Å². The second-order valence-electron chi connectivity index (χ2n) is 5.76. The van der Waals surface area contributed by atoms with Gasteiger partial charge in [0.25, 0.3) is 0 Å². The van der Waals surface area contributed by atoms with Gasteiger partial charge in [-0.1, -0.05) is 6.07 Å². The molecule has 3 rings (SSSR count). The minimum Gasteiger partial charge on any atom is -0.357 e. The molecule has 2 aliphatic rings. The first kappa shape index (κ1) is 16.1. The maximum Gasteiger partial charge on any atom is 0.191 e. The highest BCUT2D eigenvalue weighted by Gasteiger charge is 2.53. The SMILES string of the molecule is CCNC(=NCc1cccs1)NCC1(C2CC2)CC1.I. The summed E-state index contributed by atoms with van der Waals surface area (Å²) in [6.07, 6.45) is 5.72. The van der Waals surface area contributed by atoms with Gasteiger partial charge < -0.3 is 10.6 Å². The van der Waals surface area contributed by atoms with E-state index in [1.165, 1.54) is 30.6 Å². The maximum absolute atomic E-state index is 4.67. The van der Waals surface area contributed by atoms with Crippen LogP contribution in [0.2, 0.25) is 0 Å². The van der Waals surface area contributed by atoms with Gasteiger partial charge in [0.15, 0.2) is 5.96 Å². The lowest BCUT2D eigenvalue weighted by molar-refractivity contribution is 0.431. The zero-order chi connectivity index (χ0) is 13.1. The summed E-state index contributed by atoms with van der Waals surface area (Å²) < 4.78 is 0. The molecule has 0 aromatic carbocycles. The average Bonchev–Trinajstić information content (AvgIpc) is 3.32. The van der Waals surface area contributed by atoms with E-state index < -0.39 is 0 Å². The summed E-state index contributed by atoms with van der Waals surface area (Å²) in [5.41, 5.74) is 0.624. The molecule has 1 heterocycles. The molecule has 1 aromatic heterocycles. The van der Waals surface area contributed by atoms with Gasteiger partial charge >= 0.3 is 0 Å². The third-order valence-electron chi connectivity index (χ3n) is 4.26. The molecular formula is C15H24IN3S. The minimum atomic E-state index is 0. The highest BCUT2D eigenvalue weighted by molar-refractivity contribution is 14.0. The molecule has 1 aromatic rings. The molecule has 3 nitrogen and oxygen atoms in total. The van der Waals surface area contributed by atoms with Crippen LogP contribution in [0, 0.1) is 11.3 Å². The van der Waals surface area contributed by atoms with Gasteiger partial charge in [0.1, 0.15) is 0 Å². The molecule has 5 heteroatoms. The minimum absolute atomic E-state index is 0. The van der Waals surface area contributed by atoms with E-state index in [0.29, 0.717) is 5.41 Å².